The first-order chi connectivity index (χ1) is 10.1. The Bertz CT molecular complexity index is 593. The first-order valence-corrected chi connectivity index (χ1v) is 7.45. The van der Waals surface area contributed by atoms with Crippen molar-refractivity contribution >= 4 is 40.2 Å². The predicted octanol–water partition coefficient (Wildman–Crippen LogP) is 3.00. The molecule has 1 amide bonds. The third-order valence-electron chi connectivity index (χ3n) is 2.65. The van der Waals surface area contributed by atoms with Gasteiger partial charge in [-0.15, -0.1) is 0 Å². The lowest BCUT2D eigenvalue weighted by Crippen LogP contribution is -2.21. The Labute approximate surface area is 135 Å². The van der Waals surface area contributed by atoms with E-state index in [1.807, 2.05) is 12.1 Å². The smallest absolute Gasteiger partial charge is 0.306 e. The summed E-state index contributed by atoms with van der Waals surface area (Å²) in [6.07, 6.45) is 2.20. The number of benzene rings is 1. The molecule has 0 atom stereocenters. The van der Waals surface area contributed by atoms with Crippen molar-refractivity contribution in [2.24, 2.45) is 0 Å². The van der Waals surface area contributed by atoms with Crippen molar-refractivity contribution in [2.45, 2.75) is 12.8 Å². The Hall–Kier alpha value is -1.83. The summed E-state index contributed by atoms with van der Waals surface area (Å²) in [5.41, 5.74) is 0.673. The summed E-state index contributed by atoms with van der Waals surface area (Å²) in [7, 11) is 0. The number of ether oxygens (including phenoxy) is 1. The van der Waals surface area contributed by atoms with E-state index in [0.717, 1.165) is 9.33 Å². The van der Waals surface area contributed by atoms with E-state index in [1.54, 1.807) is 30.5 Å². The van der Waals surface area contributed by atoms with Crippen molar-refractivity contribution in [3.63, 3.8) is 0 Å². The number of nitrogens with one attached hydrogen (secondary N) is 1. The molecule has 2 rings (SSSR count). The second kappa shape index (κ2) is 7.82. The number of halogens is 1. The Morgan fingerprint density at radius 2 is 1.95 bits per heavy atom. The molecule has 0 aliphatic carbocycles. The molecular weight excluding hydrogens is 385 g/mol. The molecule has 0 spiro atoms. The van der Waals surface area contributed by atoms with Crippen LogP contribution >= 0.6 is 22.6 Å². The fraction of sp³-hybridized carbons (Fsp3) is 0.200. The quantitative estimate of drug-likeness (QED) is 0.599. The van der Waals surface area contributed by atoms with Crippen LogP contribution in [0.15, 0.2) is 47.1 Å². The molecule has 0 bridgehead atoms. The minimum Gasteiger partial charge on any atom is -0.469 e. The number of aryl methyl sites for hydroxylation is 1. The molecule has 0 saturated carbocycles. The normalized spacial score (nSPS) is 10.1. The van der Waals surface area contributed by atoms with Crippen LogP contribution in [-0.4, -0.2) is 18.5 Å². The number of hydrogen-bond donors (Lipinski definition) is 1. The number of esters is 1. The van der Waals surface area contributed by atoms with Gasteiger partial charge in [-0.3, -0.25) is 9.59 Å². The number of amides is 1. The monoisotopic (exact) mass is 399 g/mol. The molecule has 1 N–H and O–H groups in total. The third kappa shape index (κ3) is 5.58. The van der Waals surface area contributed by atoms with Crippen LogP contribution in [0.5, 0.6) is 0 Å². The second-order valence-corrected chi connectivity index (χ2v) is 5.54. The molecule has 1 aromatic heterocycles. The van der Waals surface area contributed by atoms with Crippen LogP contribution in [0.4, 0.5) is 5.69 Å². The number of carbonyl (C=O) groups excluding carboxylic acids is 2. The third-order valence-corrected chi connectivity index (χ3v) is 3.37. The van der Waals surface area contributed by atoms with Crippen molar-refractivity contribution in [1.82, 2.24) is 0 Å². The lowest BCUT2D eigenvalue weighted by Gasteiger charge is -2.06. The molecule has 0 fully saturated rings. The van der Waals surface area contributed by atoms with Crippen molar-refractivity contribution < 1.29 is 18.7 Å². The molecule has 21 heavy (non-hydrogen) atoms. The van der Waals surface area contributed by atoms with Gasteiger partial charge in [-0.25, -0.2) is 0 Å². The minimum atomic E-state index is -0.427. The Balaban J connectivity index is 1.68. The number of carbonyl (C=O) groups is 2. The van der Waals surface area contributed by atoms with Gasteiger partial charge in [-0.1, -0.05) is 0 Å². The van der Waals surface area contributed by atoms with E-state index >= 15 is 0 Å². The molecule has 2 aromatic rings. The highest BCUT2D eigenvalue weighted by Gasteiger charge is 2.09. The number of hydrogen-bond acceptors (Lipinski definition) is 4. The van der Waals surface area contributed by atoms with Crippen molar-refractivity contribution in [2.75, 3.05) is 11.9 Å². The SMILES string of the molecule is O=C(COC(=O)CCc1ccco1)Nc1ccc(I)cc1. The molecule has 0 unspecified atom stereocenters. The van der Waals surface area contributed by atoms with Crippen molar-refractivity contribution in [1.29, 1.82) is 0 Å². The molecular formula is C15H14INO4. The van der Waals surface area contributed by atoms with Gasteiger partial charge in [-0.05, 0) is 59.0 Å². The van der Waals surface area contributed by atoms with Crippen LogP contribution < -0.4 is 5.32 Å². The van der Waals surface area contributed by atoms with E-state index in [4.69, 9.17) is 9.15 Å². The Kier molecular flexibility index (Phi) is 5.79. The van der Waals surface area contributed by atoms with Gasteiger partial charge < -0.3 is 14.5 Å². The molecule has 0 aliphatic heterocycles. The van der Waals surface area contributed by atoms with Crippen LogP contribution in [0.2, 0.25) is 0 Å². The predicted molar refractivity (Wildman–Crippen MR) is 85.8 cm³/mol. The molecule has 1 heterocycles. The van der Waals surface area contributed by atoms with Crippen LogP contribution in [0.3, 0.4) is 0 Å². The highest BCUT2D eigenvalue weighted by molar-refractivity contribution is 14.1. The zero-order valence-electron chi connectivity index (χ0n) is 11.2. The maximum Gasteiger partial charge on any atom is 0.306 e. The fourth-order valence-electron chi connectivity index (χ4n) is 1.63. The molecule has 6 heteroatoms. The van der Waals surface area contributed by atoms with Gasteiger partial charge in [0.1, 0.15) is 5.76 Å². The van der Waals surface area contributed by atoms with E-state index < -0.39 is 5.97 Å². The molecule has 5 nitrogen and oxygen atoms in total. The summed E-state index contributed by atoms with van der Waals surface area (Å²) in [6, 6.07) is 10.9. The largest absolute Gasteiger partial charge is 0.469 e. The summed E-state index contributed by atoms with van der Waals surface area (Å²) in [5.74, 6) is -0.0676. The average Bonchev–Trinajstić information content (AvgIpc) is 2.99. The van der Waals surface area contributed by atoms with Gasteiger partial charge in [0.2, 0.25) is 0 Å². The van der Waals surface area contributed by atoms with Gasteiger partial charge in [0.15, 0.2) is 6.61 Å². The summed E-state index contributed by atoms with van der Waals surface area (Å²) >= 11 is 2.18. The number of furan rings is 1. The maximum absolute atomic E-state index is 11.6. The average molecular weight is 399 g/mol. The molecule has 110 valence electrons. The van der Waals surface area contributed by atoms with Crippen molar-refractivity contribution in [3.8, 4) is 0 Å². The maximum atomic E-state index is 11.6. The zero-order valence-corrected chi connectivity index (χ0v) is 13.3. The second-order valence-electron chi connectivity index (χ2n) is 4.30. The lowest BCUT2D eigenvalue weighted by molar-refractivity contribution is -0.147. The summed E-state index contributed by atoms with van der Waals surface area (Å²) in [4.78, 5) is 23.1. The van der Waals surface area contributed by atoms with Gasteiger partial charge >= 0.3 is 5.97 Å². The molecule has 0 radical (unpaired) electrons. The highest BCUT2D eigenvalue weighted by atomic mass is 127. The van der Waals surface area contributed by atoms with Crippen molar-refractivity contribution in [3.05, 3.63) is 52.0 Å². The van der Waals surface area contributed by atoms with E-state index in [-0.39, 0.29) is 18.9 Å². The van der Waals surface area contributed by atoms with E-state index in [2.05, 4.69) is 27.9 Å². The summed E-state index contributed by atoms with van der Waals surface area (Å²) in [5, 5.41) is 2.66. The van der Waals surface area contributed by atoms with Crippen LogP contribution in [0, 0.1) is 3.57 Å². The summed E-state index contributed by atoms with van der Waals surface area (Å²) in [6.45, 7) is -0.289. The van der Waals surface area contributed by atoms with Crippen LogP contribution in [0.25, 0.3) is 0 Å². The van der Waals surface area contributed by atoms with Gasteiger partial charge in [0, 0.05) is 15.7 Å². The highest BCUT2D eigenvalue weighted by Crippen LogP contribution is 2.11. The van der Waals surface area contributed by atoms with E-state index in [0.29, 0.717) is 12.1 Å². The van der Waals surface area contributed by atoms with Crippen LogP contribution in [0.1, 0.15) is 12.2 Å². The zero-order chi connectivity index (χ0) is 15.1. The first-order valence-electron chi connectivity index (χ1n) is 6.37. The van der Waals surface area contributed by atoms with Gasteiger partial charge in [0.25, 0.3) is 5.91 Å². The van der Waals surface area contributed by atoms with Crippen LogP contribution in [-0.2, 0) is 20.7 Å². The van der Waals surface area contributed by atoms with Gasteiger partial charge in [0.05, 0.1) is 12.7 Å². The number of anilines is 1. The lowest BCUT2D eigenvalue weighted by atomic mass is 10.2. The topological polar surface area (TPSA) is 68.5 Å². The molecule has 0 saturated heterocycles. The Morgan fingerprint density at radius 1 is 1.19 bits per heavy atom. The van der Waals surface area contributed by atoms with Gasteiger partial charge in [-0.2, -0.15) is 0 Å². The first kappa shape index (κ1) is 15.6. The van der Waals surface area contributed by atoms with E-state index in [9.17, 15) is 9.59 Å². The summed E-state index contributed by atoms with van der Waals surface area (Å²) < 4.78 is 11.1. The standard InChI is InChI=1S/C15H14INO4/c16-11-3-5-12(6-4-11)17-14(18)10-21-15(19)8-7-13-2-1-9-20-13/h1-6,9H,7-8,10H2,(H,17,18). The number of rotatable bonds is 6. The fourth-order valence-corrected chi connectivity index (χ4v) is 1.99. The van der Waals surface area contributed by atoms with E-state index in [1.165, 1.54) is 0 Å². The minimum absolute atomic E-state index is 0.185. The Morgan fingerprint density at radius 3 is 2.62 bits per heavy atom. The molecule has 0 aliphatic rings. The molecule has 1 aromatic carbocycles.